The molecule has 0 fully saturated rings. The number of hydrogen-bond donors (Lipinski definition) is 2. The van der Waals surface area contributed by atoms with Gasteiger partial charge in [0.2, 0.25) is 0 Å². The molecule has 5 heteroatoms. The minimum atomic E-state index is -0.234. The van der Waals surface area contributed by atoms with Crippen LogP contribution in [0.3, 0.4) is 0 Å². The molecule has 1 heterocycles. The van der Waals surface area contributed by atoms with E-state index in [1.165, 1.54) is 0 Å². The molecular weight excluding hydrogens is 326 g/mol. The number of pyridine rings is 1. The molecule has 2 aromatic carbocycles. The summed E-state index contributed by atoms with van der Waals surface area (Å²) in [6, 6.07) is 19.1. The van der Waals surface area contributed by atoms with Crippen molar-refractivity contribution in [2.24, 2.45) is 0 Å². The van der Waals surface area contributed by atoms with Crippen molar-refractivity contribution >= 4 is 17.3 Å². The number of amides is 1. The van der Waals surface area contributed by atoms with E-state index in [4.69, 9.17) is 4.74 Å². The molecule has 0 aliphatic carbocycles. The number of anilines is 2. The zero-order chi connectivity index (χ0) is 18.4. The predicted molar refractivity (Wildman–Crippen MR) is 104 cm³/mol. The minimum Gasteiger partial charge on any atom is -0.497 e. The van der Waals surface area contributed by atoms with Crippen LogP contribution < -0.4 is 15.4 Å². The smallest absolute Gasteiger partial charge is 0.274 e. The minimum absolute atomic E-state index is 0.234. The standard InChI is InChI=1S/C21H21N3O2/c1-15-3-7-17(8-4-15)24-21(25)20-13-18(11-12-22-20)23-14-16-5-9-19(26-2)10-6-16/h3-13H,14H2,1-2H3,(H,22,23)(H,24,25). The van der Waals surface area contributed by atoms with Gasteiger partial charge in [0.05, 0.1) is 7.11 Å². The van der Waals surface area contributed by atoms with Gasteiger partial charge in [0.1, 0.15) is 11.4 Å². The number of aromatic nitrogens is 1. The Labute approximate surface area is 153 Å². The molecule has 0 saturated carbocycles. The highest BCUT2D eigenvalue weighted by Crippen LogP contribution is 2.15. The fourth-order valence-electron chi connectivity index (χ4n) is 2.44. The largest absolute Gasteiger partial charge is 0.497 e. The summed E-state index contributed by atoms with van der Waals surface area (Å²) in [5, 5.41) is 6.16. The van der Waals surface area contributed by atoms with Gasteiger partial charge in [0, 0.05) is 24.1 Å². The summed E-state index contributed by atoms with van der Waals surface area (Å²) >= 11 is 0. The first-order valence-electron chi connectivity index (χ1n) is 8.35. The van der Waals surface area contributed by atoms with Crippen LogP contribution in [0.2, 0.25) is 0 Å². The van der Waals surface area contributed by atoms with Gasteiger partial charge in [-0.25, -0.2) is 0 Å². The Kier molecular flexibility index (Phi) is 5.49. The van der Waals surface area contributed by atoms with Crippen molar-refractivity contribution < 1.29 is 9.53 Å². The first-order valence-corrected chi connectivity index (χ1v) is 8.35. The van der Waals surface area contributed by atoms with E-state index in [-0.39, 0.29) is 5.91 Å². The van der Waals surface area contributed by atoms with Crippen LogP contribution in [0, 0.1) is 6.92 Å². The number of ether oxygens (including phenoxy) is 1. The molecule has 3 rings (SSSR count). The van der Waals surface area contributed by atoms with Crippen LogP contribution in [0.1, 0.15) is 21.6 Å². The number of carbonyl (C=O) groups excluding carboxylic acids is 1. The van der Waals surface area contributed by atoms with Crippen molar-refractivity contribution in [3.05, 3.63) is 83.7 Å². The molecule has 0 saturated heterocycles. The van der Waals surface area contributed by atoms with E-state index in [9.17, 15) is 4.79 Å². The van der Waals surface area contributed by atoms with Crippen LogP contribution in [0.5, 0.6) is 5.75 Å². The zero-order valence-corrected chi connectivity index (χ0v) is 14.8. The average Bonchev–Trinajstić information content (AvgIpc) is 2.69. The van der Waals surface area contributed by atoms with E-state index < -0.39 is 0 Å². The highest BCUT2D eigenvalue weighted by molar-refractivity contribution is 6.03. The third-order valence-corrected chi connectivity index (χ3v) is 3.96. The Bertz CT molecular complexity index is 875. The maximum Gasteiger partial charge on any atom is 0.274 e. The second-order valence-corrected chi connectivity index (χ2v) is 5.95. The van der Waals surface area contributed by atoms with Crippen molar-refractivity contribution in [1.82, 2.24) is 4.98 Å². The van der Waals surface area contributed by atoms with E-state index in [0.29, 0.717) is 12.2 Å². The number of benzene rings is 2. The Morgan fingerprint density at radius 1 is 1.00 bits per heavy atom. The third kappa shape index (κ3) is 4.60. The normalized spacial score (nSPS) is 10.2. The molecule has 26 heavy (non-hydrogen) atoms. The number of carbonyl (C=O) groups is 1. The van der Waals surface area contributed by atoms with Crippen LogP contribution in [-0.2, 0) is 6.54 Å². The Morgan fingerprint density at radius 2 is 1.73 bits per heavy atom. The Morgan fingerprint density at radius 3 is 2.42 bits per heavy atom. The molecule has 0 bridgehead atoms. The van der Waals surface area contributed by atoms with Gasteiger partial charge in [-0.1, -0.05) is 29.8 Å². The molecule has 5 nitrogen and oxygen atoms in total. The zero-order valence-electron chi connectivity index (χ0n) is 14.8. The third-order valence-electron chi connectivity index (χ3n) is 3.96. The van der Waals surface area contributed by atoms with Gasteiger partial charge in [-0.15, -0.1) is 0 Å². The molecule has 1 amide bonds. The fourth-order valence-corrected chi connectivity index (χ4v) is 2.44. The van der Waals surface area contributed by atoms with Gasteiger partial charge in [0.15, 0.2) is 0 Å². The molecule has 132 valence electrons. The van der Waals surface area contributed by atoms with E-state index in [0.717, 1.165) is 28.3 Å². The van der Waals surface area contributed by atoms with E-state index in [1.807, 2.05) is 61.5 Å². The first-order chi connectivity index (χ1) is 12.6. The lowest BCUT2D eigenvalue weighted by Crippen LogP contribution is -2.14. The topological polar surface area (TPSA) is 63.2 Å². The summed E-state index contributed by atoms with van der Waals surface area (Å²) in [5.74, 6) is 0.592. The number of rotatable bonds is 6. The van der Waals surface area contributed by atoms with Gasteiger partial charge < -0.3 is 15.4 Å². The molecule has 1 aromatic heterocycles. The lowest BCUT2D eigenvalue weighted by Gasteiger charge is -2.09. The molecule has 0 radical (unpaired) electrons. The van der Waals surface area contributed by atoms with Gasteiger partial charge in [-0.3, -0.25) is 9.78 Å². The monoisotopic (exact) mass is 347 g/mol. The highest BCUT2D eigenvalue weighted by atomic mass is 16.5. The number of hydrogen-bond acceptors (Lipinski definition) is 4. The van der Waals surface area contributed by atoms with Crippen molar-refractivity contribution in [3.8, 4) is 5.75 Å². The summed E-state index contributed by atoms with van der Waals surface area (Å²) in [4.78, 5) is 16.5. The molecule has 0 aliphatic heterocycles. The lowest BCUT2D eigenvalue weighted by atomic mass is 10.2. The summed E-state index contributed by atoms with van der Waals surface area (Å²) < 4.78 is 5.16. The second-order valence-electron chi connectivity index (χ2n) is 5.95. The Hall–Kier alpha value is -3.34. The number of nitrogens with zero attached hydrogens (tertiary/aromatic N) is 1. The maximum atomic E-state index is 12.4. The fraction of sp³-hybridized carbons (Fsp3) is 0.143. The van der Waals surface area contributed by atoms with E-state index >= 15 is 0 Å². The highest BCUT2D eigenvalue weighted by Gasteiger charge is 2.08. The van der Waals surface area contributed by atoms with Crippen LogP contribution in [-0.4, -0.2) is 18.0 Å². The van der Waals surface area contributed by atoms with E-state index in [2.05, 4.69) is 15.6 Å². The molecule has 0 spiro atoms. The van der Waals surface area contributed by atoms with Gasteiger partial charge in [-0.05, 0) is 48.9 Å². The van der Waals surface area contributed by atoms with Crippen molar-refractivity contribution in [2.45, 2.75) is 13.5 Å². The first kappa shape index (κ1) is 17.5. The molecule has 0 atom stereocenters. The molecular formula is C21H21N3O2. The molecule has 2 N–H and O–H groups in total. The van der Waals surface area contributed by atoms with Crippen LogP contribution in [0.25, 0.3) is 0 Å². The number of methoxy groups -OCH3 is 1. The van der Waals surface area contributed by atoms with Crippen molar-refractivity contribution in [1.29, 1.82) is 0 Å². The summed E-state index contributed by atoms with van der Waals surface area (Å²) in [7, 11) is 1.65. The van der Waals surface area contributed by atoms with Crippen LogP contribution in [0.15, 0.2) is 66.9 Å². The van der Waals surface area contributed by atoms with Gasteiger partial charge in [-0.2, -0.15) is 0 Å². The van der Waals surface area contributed by atoms with Crippen molar-refractivity contribution in [3.63, 3.8) is 0 Å². The average molecular weight is 347 g/mol. The van der Waals surface area contributed by atoms with Gasteiger partial charge in [0.25, 0.3) is 5.91 Å². The lowest BCUT2D eigenvalue weighted by molar-refractivity contribution is 0.102. The SMILES string of the molecule is COc1ccc(CNc2ccnc(C(=O)Nc3ccc(C)cc3)c2)cc1. The second kappa shape index (κ2) is 8.16. The quantitative estimate of drug-likeness (QED) is 0.699. The molecule has 3 aromatic rings. The van der Waals surface area contributed by atoms with Gasteiger partial charge >= 0.3 is 0 Å². The molecule has 0 aliphatic rings. The molecule has 0 unspecified atom stereocenters. The number of nitrogens with one attached hydrogen (secondary N) is 2. The summed E-state index contributed by atoms with van der Waals surface area (Å²) in [6.07, 6.45) is 1.63. The van der Waals surface area contributed by atoms with Crippen LogP contribution >= 0.6 is 0 Å². The maximum absolute atomic E-state index is 12.4. The number of aryl methyl sites for hydroxylation is 1. The summed E-state index contributed by atoms with van der Waals surface area (Å²) in [5.41, 5.74) is 4.22. The Balaban J connectivity index is 1.63. The van der Waals surface area contributed by atoms with E-state index in [1.54, 1.807) is 19.4 Å². The van der Waals surface area contributed by atoms with Crippen molar-refractivity contribution in [2.75, 3.05) is 17.7 Å². The summed E-state index contributed by atoms with van der Waals surface area (Å²) in [6.45, 7) is 2.65. The van der Waals surface area contributed by atoms with Crippen LogP contribution in [0.4, 0.5) is 11.4 Å². The predicted octanol–water partition coefficient (Wildman–Crippen LogP) is 4.26.